The lowest BCUT2D eigenvalue weighted by Gasteiger charge is -2.31. The first kappa shape index (κ1) is 8.99. The quantitative estimate of drug-likeness (QED) is 0.468. The van der Waals surface area contributed by atoms with Gasteiger partial charge >= 0.3 is 11.9 Å². The predicted octanol–water partition coefficient (Wildman–Crippen LogP) is -1.15. The Balaban J connectivity index is 2.44. The maximum absolute atomic E-state index is 10.9. The Bertz CT molecular complexity index is 197. The first-order valence-electron chi connectivity index (χ1n) is 3.82. The van der Waals surface area contributed by atoms with Crippen molar-refractivity contribution in [1.29, 1.82) is 0 Å². The van der Waals surface area contributed by atoms with Gasteiger partial charge in [-0.2, -0.15) is 0 Å². The summed E-state index contributed by atoms with van der Waals surface area (Å²) in [6.45, 7) is 2.53. The lowest BCUT2D eigenvalue weighted by molar-refractivity contribution is -0.156. The Hall–Kier alpha value is -1.10. The van der Waals surface area contributed by atoms with Gasteiger partial charge in [0, 0.05) is 26.2 Å². The van der Waals surface area contributed by atoms with Crippen molar-refractivity contribution in [1.82, 2.24) is 9.80 Å². The van der Waals surface area contributed by atoms with Crippen LogP contribution >= 0.6 is 0 Å². The number of carbonyl (C=O) groups is 2. The molecule has 0 bridgehead atoms. The summed E-state index contributed by atoms with van der Waals surface area (Å²) >= 11 is 0. The van der Waals surface area contributed by atoms with Crippen LogP contribution in [0.4, 0.5) is 0 Å². The molecule has 0 saturated carbocycles. The largest absolute Gasteiger partial charge is 0.474 e. The summed E-state index contributed by atoms with van der Waals surface area (Å²) in [5, 5.41) is 8.40. The molecule has 0 aromatic rings. The van der Waals surface area contributed by atoms with Crippen LogP contribution in [-0.4, -0.2) is 60.0 Å². The predicted molar refractivity (Wildman–Crippen MR) is 41.7 cm³/mol. The topological polar surface area (TPSA) is 60.9 Å². The lowest BCUT2D eigenvalue weighted by atomic mass is 10.3. The number of carbonyl (C=O) groups excluding carboxylic acids is 1. The molecular formula is C7H12N2O3. The van der Waals surface area contributed by atoms with Crippen LogP contribution in [0.15, 0.2) is 0 Å². The normalized spacial score (nSPS) is 19.2. The number of aliphatic carboxylic acids is 1. The van der Waals surface area contributed by atoms with E-state index in [0.717, 1.165) is 13.1 Å². The van der Waals surface area contributed by atoms with Gasteiger partial charge in [0.15, 0.2) is 0 Å². The van der Waals surface area contributed by atoms with Crippen molar-refractivity contribution < 1.29 is 14.7 Å². The minimum absolute atomic E-state index is 0.516. The van der Waals surface area contributed by atoms with E-state index in [2.05, 4.69) is 4.90 Å². The zero-order valence-corrected chi connectivity index (χ0v) is 6.99. The Morgan fingerprint density at radius 3 is 2.08 bits per heavy atom. The Morgan fingerprint density at radius 2 is 1.67 bits per heavy atom. The molecule has 1 rings (SSSR count). The molecule has 1 heterocycles. The molecule has 0 spiro atoms. The second kappa shape index (κ2) is 3.53. The SMILES string of the molecule is CN1CCN(C(=O)C(=O)O)CC1. The maximum atomic E-state index is 10.9. The molecule has 0 aromatic heterocycles. The fourth-order valence-corrected chi connectivity index (χ4v) is 1.14. The standard InChI is InChI=1S/C7H12N2O3/c1-8-2-4-9(5-3-8)6(10)7(11)12/h2-5H2,1H3,(H,11,12). The van der Waals surface area contributed by atoms with Gasteiger partial charge in [0.05, 0.1) is 0 Å². The highest BCUT2D eigenvalue weighted by atomic mass is 16.4. The fraction of sp³-hybridized carbons (Fsp3) is 0.714. The zero-order chi connectivity index (χ0) is 9.14. The molecule has 1 N–H and O–H groups in total. The summed E-state index contributed by atoms with van der Waals surface area (Å²) in [4.78, 5) is 24.6. The van der Waals surface area contributed by atoms with E-state index in [1.54, 1.807) is 0 Å². The summed E-state index contributed by atoms with van der Waals surface area (Å²) in [6.07, 6.45) is 0. The number of nitrogens with zero attached hydrogens (tertiary/aromatic N) is 2. The van der Waals surface area contributed by atoms with Crippen LogP contribution in [0.2, 0.25) is 0 Å². The number of amides is 1. The molecule has 0 aromatic carbocycles. The van der Waals surface area contributed by atoms with Gasteiger partial charge in [-0.05, 0) is 7.05 Å². The molecule has 0 aliphatic carbocycles. The minimum atomic E-state index is -1.36. The highest BCUT2D eigenvalue weighted by Crippen LogP contribution is 1.98. The Labute approximate surface area is 70.6 Å². The summed E-state index contributed by atoms with van der Waals surface area (Å²) in [5.74, 6) is -2.15. The summed E-state index contributed by atoms with van der Waals surface area (Å²) in [6, 6.07) is 0. The third-order valence-electron chi connectivity index (χ3n) is 1.97. The second-order valence-corrected chi connectivity index (χ2v) is 2.90. The molecule has 68 valence electrons. The molecule has 1 amide bonds. The van der Waals surface area contributed by atoms with E-state index in [1.807, 2.05) is 7.05 Å². The second-order valence-electron chi connectivity index (χ2n) is 2.90. The number of carboxylic acid groups (broad SMARTS) is 1. The van der Waals surface area contributed by atoms with Gasteiger partial charge in [0.1, 0.15) is 0 Å². The third kappa shape index (κ3) is 1.94. The molecule has 12 heavy (non-hydrogen) atoms. The highest BCUT2D eigenvalue weighted by Gasteiger charge is 2.23. The van der Waals surface area contributed by atoms with Gasteiger partial charge in [-0.1, -0.05) is 0 Å². The van der Waals surface area contributed by atoms with E-state index >= 15 is 0 Å². The number of piperazine rings is 1. The van der Waals surface area contributed by atoms with Crippen LogP contribution in [0.25, 0.3) is 0 Å². The Morgan fingerprint density at radius 1 is 1.17 bits per heavy atom. The van der Waals surface area contributed by atoms with Gasteiger partial charge in [0.2, 0.25) is 0 Å². The van der Waals surface area contributed by atoms with Crippen molar-refractivity contribution in [3.63, 3.8) is 0 Å². The fourth-order valence-electron chi connectivity index (χ4n) is 1.14. The monoisotopic (exact) mass is 172 g/mol. The van der Waals surface area contributed by atoms with Crippen LogP contribution < -0.4 is 0 Å². The third-order valence-corrected chi connectivity index (χ3v) is 1.97. The lowest BCUT2D eigenvalue weighted by Crippen LogP contribution is -2.49. The number of rotatable bonds is 0. The molecule has 5 heteroatoms. The number of carboxylic acids is 1. The average Bonchev–Trinajstić information content (AvgIpc) is 2.04. The molecule has 0 radical (unpaired) electrons. The van der Waals surface area contributed by atoms with E-state index < -0.39 is 11.9 Å². The van der Waals surface area contributed by atoms with Crippen molar-refractivity contribution >= 4 is 11.9 Å². The van der Waals surface area contributed by atoms with Crippen LogP contribution in [0.3, 0.4) is 0 Å². The molecule has 5 nitrogen and oxygen atoms in total. The molecule has 0 atom stereocenters. The van der Waals surface area contributed by atoms with Gasteiger partial charge in [0.25, 0.3) is 0 Å². The number of hydrogen-bond acceptors (Lipinski definition) is 3. The van der Waals surface area contributed by atoms with Crippen LogP contribution in [0.1, 0.15) is 0 Å². The van der Waals surface area contributed by atoms with E-state index in [0.29, 0.717) is 13.1 Å². The summed E-state index contributed by atoms with van der Waals surface area (Å²) < 4.78 is 0. The first-order chi connectivity index (χ1) is 5.61. The van der Waals surface area contributed by atoms with Crippen molar-refractivity contribution in [3.05, 3.63) is 0 Å². The maximum Gasteiger partial charge on any atom is 0.394 e. The molecule has 0 unspecified atom stereocenters. The van der Waals surface area contributed by atoms with Gasteiger partial charge in [-0.3, -0.25) is 4.79 Å². The average molecular weight is 172 g/mol. The zero-order valence-electron chi connectivity index (χ0n) is 6.99. The number of hydrogen-bond donors (Lipinski definition) is 1. The smallest absolute Gasteiger partial charge is 0.394 e. The van der Waals surface area contributed by atoms with Gasteiger partial charge in [-0.15, -0.1) is 0 Å². The molecule has 1 aliphatic heterocycles. The molecule has 1 aliphatic rings. The van der Waals surface area contributed by atoms with Gasteiger partial charge < -0.3 is 14.9 Å². The minimum Gasteiger partial charge on any atom is -0.474 e. The molecular weight excluding hydrogens is 160 g/mol. The van der Waals surface area contributed by atoms with E-state index in [-0.39, 0.29) is 0 Å². The highest BCUT2D eigenvalue weighted by molar-refractivity contribution is 6.31. The van der Waals surface area contributed by atoms with Crippen LogP contribution in [0.5, 0.6) is 0 Å². The van der Waals surface area contributed by atoms with Crippen molar-refractivity contribution in [2.75, 3.05) is 33.2 Å². The van der Waals surface area contributed by atoms with Crippen molar-refractivity contribution in [2.45, 2.75) is 0 Å². The van der Waals surface area contributed by atoms with Crippen LogP contribution in [-0.2, 0) is 9.59 Å². The first-order valence-corrected chi connectivity index (χ1v) is 3.82. The molecule has 1 fully saturated rings. The van der Waals surface area contributed by atoms with E-state index in [4.69, 9.17) is 5.11 Å². The van der Waals surface area contributed by atoms with E-state index in [9.17, 15) is 9.59 Å². The Kier molecular flexibility index (Phi) is 2.65. The van der Waals surface area contributed by atoms with Crippen molar-refractivity contribution in [2.24, 2.45) is 0 Å². The summed E-state index contributed by atoms with van der Waals surface area (Å²) in [5.41, 5.74) is 0. The van der Waals surface area contributed by atoms with E-state index in [1.165, 1.54) is 4.90 Å². The summed E-state index contributed by atoms with van der Waals surface area (Å²) in [7, 11) is 1.95. The van der Waals surface area contributed by atoms with Crippen LogP contribution in [0, 0.1) is 0 Å². The molecule has 1 saturated heterocycles. The van der Waals surface area contributed by atoms with Gasteiger partial charge in [-0.25, -0.2) is 4.79 Å². The van der Waals surface area contributed by atoms with Crippen molar-refractivity contribution in [3.8, 4) is 0 Å². The number of likely N-dealkylation sites (N-methyl/N-ethyl adjacent to an activating group) is 1.